The molecule has 1 aliphatic heterocycles. The standard InChI is InChI=1S/C23H18N2O5S2/c1-13-4-8-18(14(2)10-13)24-22(26)21(32-23(24)31)12-16-6-9-19(30-16)17-7-5-15(25(27)28)11-20(17)29-3/h4-12H,1-3H3/b21-12+. The number of carbonyl (C=O) groups excluding carboxylic acids is 1. The molecule has 0 atom stereocenters. The number of carbonyl (C=O) groups is 1. The molecule has 0 radical (unpaired) electrons. The van der Waals surface area contributed by atoms with Crippen LogP contribution in [0.5, 0.6) is 5.75 Å². The molecule has 1 fully saturated rings. The van der Waals surface area contributed by atoms with Crippen molar-refractivity contribution in [2.24, 2.45) is 0 Å². The van der Waals surface area contributed by atoms with Gasteiger partial charge in [-0.1, -0.05) is 41.7 Å². The van der Waals surface area contributed by atoms with Gasteiger partial charge < -0.3 is 9.15 Å². The van der Waals surface area contributed by atoms with Gasteiger partial charge in [-0.15, -0.1) is 0 Å². The molecule has 0 bridgehead atoms. The summed E-state index contributed by atoms with van der Waals surface area (Å²) in [7, 11) is 1.44. The molecule has 1 aromatic heterocycles. The third kappa shape index (κ3) is 4.04. The number of anilines is 1. The summed E-state index contributed by atoms with van der Waals surface area (Å²) in [4.78, 5) is 25.6. The molecule has 1 aliphatic rings. The molecule has 0 aliphatic carbocycles. The van der Waals surface area contributed by atoms with E-state index in [1.807, 2.05) is 32.0 Å². The number of nitro benzene ring substituents is 1. The number of thiocarbonyl (C=S) groups is 1. The van der Waals surface area contributed by atoms with E-state index in [2.05, 4.69) is 0 Å². The second kappa shape index (κ2) is 8.60. The van der Waals surface area contributed by atoms with Crippen LogP contribution in [-0.2, 0) is 4.79 Å². The molecule has 162 valence electrons. The topological polar surface area (TPSA) is 85.8 Å². The van der Waals surface area contributed by atoms with E-state index in [0.717, 1.165) is 16.8 Å². The van der Waals surface area contributed by atoms with Crippen molar-refractivity contribution in [1.29, 1.82) is 0 Å². The number of nitro groups is 1. The van der Waals surface area contributed by atoms with Crippen LogP contribution in [0.1, 0.15) is 16.9 Å². The number of benzene rings is 2. The summed E-state index contributed by atoms with van der Waals surface area (Å²) in [6.07, 6.45) is 1.64. The molecule has 7 nitrogen and oxygen atoms in total. The summed E-state index contributed by atoms with van der Waals surface area (Å²) in [5.41, 5.74) is 3.33. The van der Waals surface area contributed by atoms with Crippen LogP contribution in [0.4, 0.5) is 11.4 Å². The summed E-state index contributed by atoms with van der Waals surface area (Å²) < 4.78 is 11.6. The Morgan fingerprint density at radius 2 is 1.94 bits per heavy atom. The molecule has 3 aromatic rings. The number of rotatable bonds is 5. The Morgan fingerprint density at radius 1 is 1.16 bits per heavy atom. The van der Waals surface area contributed by atoms with E-state index in [0.29, 0.717) is 32.1 Å². The zero-order valence-corrected chi connectivity index (χ0v) is 19.1. The summed E-state index contributed by atoms with van der Waals surface area (Å²) >= 11 is 6.67. The van der Waals surface area contributed by atoms with Crippen LogP contribution in [0.15, 0.2) is 57.9 Å². The number of hydrogen-bond acceptors (Lipinski definition) is 7. The fourth-order valence-corrected chi connectivity index (χ4v) is 4.70. The van der Waals surface area contributed by atoms with Gasteiger partial charge in [-0.05, 0) is 43.7 Å². The van der Waals surface area contributed by atoms with Gasteiger partial charge >= 0.3 is 0 Å². The van der Waals surface area contributed by atoms with Crippen molar-refractivity contribution in [2.75, 3.05) is 12.0 Å². The van der Waals surface area contributed by atoms with Gasteiger partial charge in [0.25, 0.3) is 11.6 Å². The minimum atomic E-state index is -0.488. The number of thioether (sulfide) groups is 1. The van der Waals surface area contributed by atoms with Crippen LogP contribution in [-0.4, -0.2) is 22.3 Å². The van der Waals surface area contributed by atoms with Crippen molar-refractivity contribution in [3.05, 3.63) is 80.4 Å². The van der Waals surface area contributed by atoms with Crippen LogP contribution in [0.3, 0.4) is 0 Å². The van der Waals surface area contributed by atoms with Crippen LogP contribution in [0, 0.1) is 24.0 Å². The smallest absolute Gasteiger partial charge is 0.273 e. The minimum absolute atomic E-state index is 0.0764. The van der Waals surface area contributed by atoms with Crippen molar-refractivity contribution < 1.29 is 18.9 Å². The number of furan rings is 1. The Balaban J connectivity index is 1.63. The van der Waals surface area contributed by atoms with Gasteiger partial charge in [0.2, 0.25) is 0 Å². The first-order chi connectivity index (χ1) is 15.3. The highest BCUT2D eigenvalue weighted by Crippen LogP contribution is 2.39. The molecule has 0 unspecified atom stereocenters. The SMILES string of the molecule is COc1cc([N+](=O)[O-])ccc1-c1ccc(/C=C2/SC(=S)N(c3ccc(C)cc3C)C2=O)o1. The summed E-state index contributed by atoms with van der Waals surface area (Å²) in [5, 5.41) is 11.0. The zero-order chi connectivity index (χ0) is 23.0. The van der Waals surface area contributed by atoms with Crippen molar-refractivity contribution in [3.63, 3.8) is 0 Å². The van der Waals surface area contributed by atoms with E-state index in [-0.39, 0.29) is 11.6 Å². The lowest BCUT2D eigenvalue weighted by Gasteiger charge is -2.17. The molecule has 9 heteroatoms. The lowest BCUT2D eigenvalue weighted by molar-refractivity contribution is -0.384. The molecule has 1 saturated heterocycles. The summed E-state index contributed by atoms with van der Waals surface area (Å²) in [6.45, 7) is 3.94. The average Bonchev–Trinajstić information content (AvgIpc) is 3.32. The summed E-state index contributed by atoms with van der Waals surface area (Å²) in [5.74, 6) is 1.04. The van der Waals surface area contributed by atoms with Crippen molar-refractivity contribution in [2.45, 2.75) is 13.8 Å². The van der Waals surface area contributed by atoms with Crippen molar-refractivity contribution in [3.8, 4) is 17.1 Å². The van der Waals surface area contributed by atoms with E-state index in [1.165, 1.54) is 35.9 Å². The largest absolute Gasteiger partial charge is 0.496 e. The minimum Gasteiger partial charge on any atom is -0.496 e. The fraction of sp³-hybridized carbons (Fsp3) is 0.130. The monoisotopic (exact) mass is 466 g/mol. The number of methoxy groups -OCH3 is 1. The predicted molar refractivity (Wildman–Crippen MR) is 129 cm³/mol. The third-order valence-electron chi connectivity index (χ3n) is 4.95. The van der Waals surface area contributed by atoms with Gasteiger partial charge in [0.1, 0.15) is 17.3 Å². The average molecular weight is 467 g/mol. The molecule has 32 heavy (non-hydrogen) atoms. The highest BCUT2D eigenvalue weighted by atomic mass is 32.2. The third-order valence-corrected chi connectivity index (χ3v) is 6.25. The summed E-state index contributed by atoms with van der Waals surface area (Å²) in [6, 6.07) is 13.6. The normalized spacial score (nSPS) is 15.0. The first-order valence-corrected chi connectivity index (χ1v) is 10.8. The van der Waals surface area contributed by atoms with Gasteiger partial charge in [0, 0.05) is 12.1 Å². The second-order valence-corrected chi connectivity index (χ2v) is 8.83. The number of hydrogen-bond donors (Lipinski definition) is 0. The quantitative estimate of drug-likeness (QED) is 0.201. The fourth-order valence-electron chi connectivity index (χ4n) is 3.43. The van der Waals surface area contributed by atoms with Crippen LogP contribution >= 0.6 is 24.0 Å². The number of amides is 1. The van der Waals surface area contributed by atoms with Crippen molar-refractivity contribution in [1.82, 2.24) is 0 Å². The first-order valence-electron chi connectivity index (χ1n) is 9.56. The number of aryl methyl sites for hydroxylation is 2. The van der Waals surface area contributed by atoms with Crippen molar-refractivity contribution >= 4 is 51.7 Å². The highest BCUT2D eigenvalue weighted by Gasteiger charge is 2.34. The first kappa shape index (κ1) is 21.8. The van der Waals surface area contributed by atoms with E-state index in [1.54, 1.807) is 24.3 Å². The Bertz CT molecular complexity index is 1300. The van der Waals surface area contributed by atoms with E-state index >= 15 is 0 Å². The molecule has 4 rings (SSSR count). The lowest BCUT2D eigenvalue weighted by atomic mass is 10.1. The van der Waals surface area contributed by atoms with Gasteiger partial charge in [0.15, 0.2) is 4.32 Å². The molecule has 0 saturated carbocycles. The Hall–Kier alpha value is -3.43. The molecular formula is C23H18N2O5S2. The van der Waals surface area contributed by atoms with Crippen LogP contribution in [0.25, 0.3) is 17.4 Å². The number of nitrogens with zero attached hydrogens (tertiary/aromatic N) is 2. The molecular weight excluding hydrogens is 448 g/mol. The van der Waals surface area contributed by atoms with Gasteiger partial charge in [-0.2, -0.15) is 0 Å². The maximum Gasteiger partial charge on any atom is 0.273 e. The molecule has 0 N–H and O–H groups in total. The Morgan fingerprint density at radius 3 is 2.62 bits per heavy atom. The van der Waals surface area contributed by atoms with E-state index in [9.17, 15) is 14.9 Å². The molecule has 2 heterocycles. The zero-order valence-electron chi connectivity index (χ0n) is 17.4. The predicted octanol–water partition coefficient (Wildman–Crippen LogP) is 5.89. The second-order valence-electron chi connectivity index (χ2n) is 7.15. The highest BCUT2D eigenvalue weighted by molar-refractivity contribution is 8.27. The van der Waals surface area contributed by atoms with Crippen LogP contribution < -0.4 is 9.64 Å². The number of non-ortho nitro benzene ring substituents is 1. The van der Waals surface area contributed by atoms with Gasteiger partial charge in [-0.25, -0.2) is 0 Å². The Labute approximate surface area is 193 Å². The number of ether oxygens (including phenoxy) is 1. The van der Waals surface area contributed by atoms with Gasteiger partial charge in [0.05, 0.1) is 34.3 Å². The van der Waals surface area contributed by atoms with Crippen LogP contribution in [0.2, 0.25) is 0 Å². The van der Waals surface area contributed by atoms with Gasteiger partial charge in [-0.3, -0.25) is 19.8 Å². The van der Waals surface area contributed by atoms with E-state index in [4.69, 9.17) is 21.4 Å². The maximum absolute atomic E-state index is 13.1. The maximum atomic E-state index is 13.1. The Kier molecular flexibility index (Phi) is 5.86. The lowest BCUT2D eigenvalue weighted by Crippen LogP contribution is -2.28. The van der Waals surface area contributed by atoms with E-state index < -0.39 is 4.92 Å². The molecule has 1 amide bonds. The molecule has 0 spiro atoms. The molecule has 2 aromatic carbocycles.